The van der Waals surface area contributed by atoms with Crippen LogP contribution in [0, 0.1) is 29.6 Å². The van der Waals surface area contributed by atoms with Gasteiger partial charge in [0.25, 0.3) is 5.56 Å². The minimum atomic E-state index is -0.372. The van der Waals surface area contributed by atoms with E-state index in [-0.39, 0.29) is 11.1 Å². The molecule has 24 heavy (non-hydrogen) atoms. The van der Waals surface area contributed by atoms with Crippen LogP contribution in [0.5, 0.6) is 0 Å². The maximum atomic E-state index is 11.9. The summed E-state index contributed by atoms with van der Waals surface area (Å²) >= 11 is 0. The molecular formula is C20H13N3O. The highest BCUT2D eigenvalue weighted by molar-refractivity contribution is 5.74. The van der Waals surface area contributed by atoms with Gasteiger partial charge in [-0.25, -0.2) is 0 Å². The Hall–Kier alpha value is -3.63. The molecule has 0 amide bonds. The van der Waals surface area contributed by atoms with Crippen molar-refractivity contribution in [2.45, 2.75) is 6.92 Å². The van der Waals surface area contributed by atoms with Crippen molar-refractivity contribution in [2.24, 2.45) is 0 Å². The predicted octanol–water partition coefficient (Wildman–Crippen LogP) is 3.76. The lowest BCUT2D eigenvalue weighted by Crippen LogP contribution is -2.12. The fraction of sp³-hybridized carbons (Fsp3) is 0.0500. The molecule has 3 rings (SSSR count). The first kappa shape index (κ1) is 15.3. The first-order valence-corrected chi connectivity index (χ1v) is 7.37. The number of nitriles is 2. The molecule has 0 fully saturated rings. The van der Waals surface area contributed by atoms with E-state index in [9.17, 15) is 10.1 Å². The summed E-state index contributed by atoms with van der Waals surface area (Å²) < 4.78 is 0. The van der Waals surface area contributed by atoms with Crippen LogP contribution >= 0.6 is 0 Å². The minimum absolute atomic E-state index is 0.117. The molecule has 1 heterocycles. The third-order valence-electron chi connectivity index (χ3n) is 3.82. The normalized spacial score (nSPS) is 9.96. The molecule has 0 atom stereocenters. The molecule has 3 aromatic rings. The van der Waals surface area contributed by atoms with Gasteiger partial charge in [-0.1, -0.05) is 36.4 Å². The van der Waals surface area contributed by atoms with Crippen LogP contribution in [0.1, 0.15) is 16.8 Å². The number of rotatable bonds is 2. The predicted molar refractivity (Wildman–Crippen MR) is 92.1 cm³/mol. The molecule has 0 saturated carbocycles. The van der Waals surface area contributed by atoms with Crippen LogP contribution in [0.25, 0.3) is 22.3 Å². The fourth-order valence-corrected chi connectivity index (χ4v) is 2.61. The Morgan fingerprint density at radius 3 is 1.92 bits per heavy atom. The number of nitrogens with zero attached hydrogens (tertiary/aromatic N) is 2. The number of aromatic amines is 1. The molecule has 0 unspecified atom stereocenters. The summed E-state index contributed by atoms with van der Waals surface area (Å²) in [5.41, 5.74) is 4.53. The van der Waals surface area contributed by atoms with Crippen molar-refractivity contribution in [1.82, 2.24) is 4.98 Å². The Kier molecular flexibility index (Phi) is 3.97. The van der Waals surface area contributed by atoms with Crippen LogP contribution < -0.4 is 5.56 Å². The molecule has 4 heteroatoms. The van der Waals surface area contributed by atoms with E-state index in [0.29, 0.717) is 16.8 Å². The largest absolute Gasteiger partial charge is 0.325 e. The first-order chi connectivity index (χ1) is 11.6. The molecule has 0 spiro atoms. The van der Waals surface area contributed by atoms with Gasteiger partial charge < -0.3 is 4.98 Å². The van der Waals surface area contributed by atoms with Crippen molar-refractivity contribution >= 4 is 0 Å². The maximum Gasteiger partial charge on any atom is 0.266 e. The summed E-state index contributed by atoms with van der Waals surface area (Å²) in [7, 11) is 0. The maximum absolute atomic E-state index is 11.9. The van der Waals surface area contributed by atoms with Crippen molar-refractivity contribution in [3.8, 4) is 34.4 Å². The van der Waals surface area contributed by atoms with Crippen LogP contribution in [0.2, 0.25) is 0 Å². The van der Waals surface area contributed by atoms with E-state index in [2.05, 4.69) is 11.1 Å². The van der Waals surface area contributed by atoms with Crippen LogP contribution in [0.3, 0.4) is 0 Å². The number of benzene rings is 2. The van der Waals surface area contributed by atoms with Crippen LogP contribution in [-0.4, -0.2) is 4.98 Å². The molecule has 4 nitrogen and oxygen atoms in total. The molecule has 0 aliphatic carbocycles. The fourth-order valence-electron chi connectivity index (χ4n) is 2.61. The monoisotopic (exact) mass is 311 g/mol. The first-order valence-electron chi connectivity index (χ1n) is 7.37. The Labute approximate surface area is 139 Å². The van der Waals surface area contributed by atoms with E-state index in [4.69, 9.17) is 5.26 Å². The number of nitrogens with one attached hydrogen (secondary N) is 1. The number of H-pyrrole nitrogens is 1. The van der Waals surface area contributed by atoms with Crippen molar-refractivity contribution in [2.75, 3.05) is 0 Å². The van der Waals surface area contributed by atoms with E-state index in [0.717, 1.165) is 16.7 Å². The smallest absolute Gasteiger partial charge is 0.266 e. The topological polar surface area (TPSA) is 80.4 Å². The van der Waals surface area contributed by atoms with Gasteiger partial charge in [0, 0.05) is 11.3 Å². The number of aryl methyl sites for hydroxylation is 1. The minimum Gasteiger partial charge on any atom is -0.325 e. The number of aromatic nitrogens is 1. The van der Waals surface area contributed by atoms with Gasteiger partial charge in [-0.2, -0.15) is 10.5 Å². The molecule has 1 N–H and O–H groups in total. The third kappa shape index (κ3) is 2.82. The lowest BCUT2D eigenvalue weighted by atomic mass is 9.97. The van der Waals surface area contributed by atoms with Gasteiger partial charge in [0.15, 0.2) is 0 Å². The molecule has 2 aromatic carbocycles. The second kappa shape index (κ2) is 6.24. The summed E-state index contributed by atoms with van der Waals surface area (Å²) in [6.07, 6.45) is 0. The average Bonchev–Trinajstić information content (AvgIpc) is 2.61. The molecule has 0 aliphatic heterocycles. The average molecular weight is 311 g/mol. The Balaban J connectivity index is 2.03. The Morgan fingerprint density at radius 1 is 0.833 bits per heavy atom. The zero-order valence-electron chi connectivity index (χ0n) is 13.0. The van der Waals surface area contributed by atoms with E-state index >= 15 is 0 Å². The van der Waals surface area contributed by atoms with Gasteiger partial charge in [0.1, 0.15) is 11.6 Å². The molecular weight excluding hydrogens is 298 g/mol. The third-order valence-corrected chi connectivity index (χ3v) is 3.82. The highest BCUT2D eigenvalue weighted by Gasteiger charge is 2.10. The van der Waals surface area contributed by atoms with E-state index in [1.807, 2.05) is 42.5 Å². The highest BCUT2D eigenvalue weighted by Crippen LogP contribution is 2.26. The summed E-state index contributed by atoms with van der Waals surface area (Å²) in [6.45, 7) is 1.79. The van der Waals surface area contributed by atoms with Crippen molar-refractivity contribution in [3.63, 3.8) is 0 Å². The SMILES string of the molecule is Cc1cc(-c2ccc(-c3ccc(C#N)cc3)cc2)c(C#N)c(=O)[nH]1. The zero-order chi connectivity index (χ0) is 17.1. The zero-order valence-corrected chi connectivity index (χ0v) is 13.0. The molecule has 1 aromatic heterocycles. The summed E-state index contributed by atoms with van der Waals surface area (Å²) in [5, 5.41) is 18.1. The summed E-state index contributed by atoms with van der Waals surface area (Å²) in [5.74, 6) is 0. The van der Waals surface area contributed by atoms with E-state index in [1.165, 1.54) is 0 Å². The molecule has 0 bridgehead atoms. The molecule has 0 aliphatic rings. The lowest BCUT2D eigenvalue weighted by Gasteiger charge is -2.07. The van der Waals surface area contributed by atoms with E-state index in [1.54, 1.807) is 25.1 Å². The van der Waals surface area contributed by atoms with Crippen LogP contribution in [0.4, 0.5) is 0 Å². The number of pyridine rings is 1. The number of hydrogen-bond donors (Lipinski definition) is 1. The molecule has 0 radical (unpaired) electrons. The van der Waals surface area contributed by atoms with Crippen LogP contribution in [0.15, 0.2) is 59.4 Å². The summed E-state index contributed by atoms with van der Waals surface area (Å²) in [4.78, 5) is 14.6. The van der Waals surface area contributed by atoms with Gasteiger partial charge in [-0.3, -0.25) is 4.79 Å². The molecule has 0 saturated heterocycles. The second-order valence-electron chi connectivity index (χ2n) is 5.45. The van der Waals surface area contributed by atoms with Gasteiger partial charge >= 0.3 is 0 Å². The van der Waals surface area contributed by atoms with E-state index < -0.39 is 0 Å². The Morgan fingerprint density at radius 2 is 1.38 bits per heavy atom. The number of hydrogen-bond acceptors (Lipinski definition) is 3. The second-order valence-corrected chi connectivity index (χ2v) is 5.45. The van der Waals surface area contributed by atoms with Crippen LogP contribution in [-0.2, 0) is 0 Å². The van der Waals surface area contributed by atoms with Gasteiger partial charge in [0.05, 0.1) is 11.6 Å². The van der Waals surface area contributed by atoms with Gasteiger partial charge in [-0.15, -0.1) is 0 Å². The quantitative estimate of drug-likeness (QED) is 0.782. The van der Waals surface area contributed by atoms with Crippen molar-refractivity contribution in [3.05, 3.63) is 81.8 Å². The summed E-state index contributed by atoms with van der Waals surface area (Å²) in [6, 6.07) is 20.9. The van der Waals surface area contributed by atoms with Crippen molar-refractivity contribution < 1.29 is 0 Å². The van der Waals surface area contributed by atoms with Gasteiger partial charge in [0.2, 0.25) is 0 Å². The standard InChI is InChI=1S/C20H13N3O/c1-13-10-18(19(12-22)20(24)23-13)17-8-6-16(7-9-17)15-4-2-14(11-21)3-5-15/h2-10H,1H3,(H,23,24). The highest BCUT2D eigenvalue weighted by atomic mass is 16.1. The Bertz CT molecular complexity index is 1030. The van der Waals surface area contributed by atoms with Gasteiger partial charge in [-0.05, 0) is 41.8 Å². The lowest BCUT2D eigenvalue weighted by molar-refractivity contribution is 1.13. The molecule has 114 valence electrons. The van der Waals surface area contributed by atoms with Crippen molar-refractivity contribution in [1.29, 1.82) is 10.5 Å².